The van der Waals surface area contributed by atoms with Crippen molar-refractivity contribution in [2.24, 2.45) is 11.7 Å². The molecular weight excluding hydrogens is 299 g/mol. The zero-order valence-corrected chi connectivity index (χ0v) is 13.0. The molecule has 5 nitrogen and oxygen atoms in total. The quantitative estimate of drug-likeness (QED) is 0.838. The molecule has 0 unspecified atom stereocenters. The number of benzene rings is 1. The number of phenolic OH excluding ortho intramolecular Hbond substituents is 1. The first-order chi connectivity index (χ1) is 11.0. The third kappa shape index (κ3) is 4.68. The van der Waals surface area contributed by atoms with Crippen LogP contribution in [-0.2, 0) is 11.2 Å². The lowest BCUT2D eigenvalue weighted by molar-refractivity contribution is -0.129. The van der Waals surface area contributed by atoms with Gasteiger partial charge in [0.2, 0.25) is 11.8 Å². The molecule has 1 saturated heterocycles. The summed E-state index contributed by atoms with van der Waals surface area (Å²) in [6.45, 7) is 0.970. The molecule has 0 saturated carbocycles. The number of likely N-dealkylation sites (tertiary alicyclic amines) is 1. The molecule has 1 aliphatic rings. The molecule has 125 valence electrons. The Morgan fingerprint density at radius 1 is 1.35 bits per heavy atom. The van der Waals surface area contributed by atoms with E-state index in [-0.39, 0.29) is 30.3 Å². The van der Waals surface area contributed by atoms with E-state index in [1.54, 1.807) is 11.0 Å². The normalized spacial score (nSPS) is 15.6. The highest BCUT2D eigenvalue weighted by atomic mass is 19.1. The van der Waals surface area contributed by atoms with Gasteiger partial charge in [-0.3, -0.25) is 14.0 Å². The van der Waals surface area contributed by atoms with Gasteiger partial charge in [0.15, 0.2) is 0 Å². The van der Waals surface area contributed by atoms with Gasteiger partial charge in [-0.05, 0) is 49.3 Å². The number of carbonyl (C=O) groups excluding carboxylic acids is 2. The summed E-state index contributed by atoms with van der Waals surface area (Å²) in [6.07, 6.45) is 4.03. The summed E-state index contributed by atoms with van der Waals surface area (Å²) < 4.78 is 12.3. The minimum Gasteiger partial charge on any atom is -0.508 e. The Morgan fingerprint density at radius 3 is 2.65 bits per heavy atom. The van der Waals surface area contributed by atoms with Crippen LogP contribution in [0.15, 0.2) is 18.2 Å². The lowest BCUT2D eigenvalue weighted by Gasteiger charge is -2.31. The van der Waals surface area contributed by atoms with Crippen LogP contribution >= 0.6 is 0 Å². The van der Waals surface area contributed by atoms with Gasteiger partial charge in [0.1, 0.15) is 5.75 Å². The molecule has 1 heterocycles. The van der Waals surface area contributed by atoms with E-state index in [0.29, 0.717) is 31.0 Å². The number of hydrogen-bond donors (Lipinski definition) is 2. The zero-order chi connectivity index (χ0) is 16.8. The van der Waals surface area contributed by atoms with E-state index in [1.807, 2.05) is 0 Å². The van der Waals surface area contributed by atoms with E-state index in [0.717, 1.165) is 12.8 Å². The van der Waals surface area contributed by atoms with Crippen LogP contribution in [0.5, 0.6) is 5.75 Å². The van der Waals surface area contributed by atoms with Crippen LogP contribution in [0.2, 0.25) is 0 Å². The molecule has 0 aliphatic carbocycles. The number of piperidine rings is 1. The molecule has 0 spiro atoms. The second kappa shape index (κ2) is 7.94. The fraction of sp³-hybridized carbons (Fsp3) is 0.471. The first-order valence-corrected chi connectivity index (χ1v) is 7.81. The molecule has 2 rings (SSSR count). The van der Waals surface area contributed by atoms with Crippen molar-refractivity contribution in [3.8, 4) is 5.75 Å². The summed E-state index contributed by atoms with van der Waals surface area (Å²) in [6, 6.07) is 4.35. The number of alkyl halides is 1. The second-order valence-electron chi connectivity index (χ2n) is 5.86. The Morgan fingerprint density at radius 2 is 2.04 bits per heavy atom. The first kappa shape index (κ1) is 17.2. The molecule has 1 aromatic carbocycles. The van der Waals surface area contributed by atoms with Gasteiger partial charge >= 0.3 is 0 Å². The van der Waals surface area contributed by atoms with Gasteiger partial charge in [-0.15, -0.1) is 0 Å². The third-order valence-electron chi connectivity index (χ3n) is 4.30. The Bertz CT molecular complexity index is 569. The molecule has 1 aromatic rings. The van der Waals surface area contributed by atoms with Crippen LogP contribution in [0.25, 0.3) is 0 Å². The third-order valence-corrected chi connectivity index (χ3v) is 4.30. The van der Waals surface area contributed by atoms with Gasteiger partial charge in [-0.2, -0.15) is 0 Å². The molecule has 1 fully saturated rings. The number of halogens is 1. The lowest BCUT2D eigenvalue weighted by Crippen LogP contribution is -2.39. The largest absolute Gasteiger partial charge is 0.508 e. The van der Waals surface area contributed by atoms with Crippen LogP contribution in [0.3, 0.4) is 0 Å². The average Bonchev–Trinajstić information content (AvgIpc) is 2.54. The van der Waals surface area contributed by atoms with E-state index in [9.17, 15) is 19.1 Å². The Labute approximate surface area is 135 Å². The summed E-state index contributed by atoms with van der Waals surface area (Å²) >= 11 is 0. The summed E-state index contributed by atoms with van der Waals surface area (Å²) in [5.41, 5.74) is 6.11. The van der Waals surface area contributed by atoms with Crippen molar-refractivity contribution in [1.29, 1.82) is 0 Å². The van der Waals surface area contributed by atoms with Crippen LogP contribution in [0, 0.1) is 12.3 Å². The number of phenols is 1. The first-order valence-electron chi connectivity index (χ1n) is 7.81. The van der Waals surface area contributed by atoms with E-state index in [4.69, 9.17) is 5.73 Å². The fourth-order valence-corrected chi connectivity index (χ4v) is 2.89. The number of nitrogens with two attached hydrogens (primary N) is 1. The number of primary amides is 1. The molecule has 0 bridgehead atoms. The predicted molar refractivity (Wildman–Crippen MR) is 84.5 cm³/mol. The summed E-state index contributed by atoms with van der Waals surface area (Å²) in [4.78, 5) is 25.4. The van der Waals surface area contributed by atoms with E-state index < -0.39 is 5.91 Å². The van der Waals surface area contributed by atoms with Gasteiger partial charge in [0, 0.05) is 18.7 Å². The minimum atomic E-state index is -0.635. The molecule has 3 N–H and O–H groups in total. The van der Waals surface area contributed by atoms with Crippen LogP contribution in [-0.4, -0.2) is 41.6 Å². The molecule has 0 aromatic heterocycles. The van der Waals surface area contributed by atoms with Crippen molar-refractivity contribution in [1.82, 2.24) is 4.90 Å². The SMILES string of the molecule is NC(=O)c1cc(O)ccc1C[CH]C(=O)N1CCC(CCF)CC1. The second-order valence-corrected chi connectivity index (χ2v) is 5.86. The Hall–Kier alpha value is -2.11. The van der Waals surface area contributed by atoms with Crippen molar-refractivity contribution in [3.63, 3.8) is 0 Å². The molecule has 23 heavy (non-hydrogen) atoms. The van der Waals surface area contributed by atoms with Crippen molar-refractivity contribution in [3.05, 3.63) is 35.7 Å². The molecular formula is C17H22FN2O3. The lowest BCUT2D eigenvalue weighted by atomic mass is 9.93. The number of hydrogen-bond acceptors (Lipinski definition) is 3. The van der Waals surface area contributed by atoms with Gasteiger partial charge in [-0.25, -0.2) is 0 Å². The Balaban J connectivity index is 1.89. The number of rotatable bonds is 6. The zero-order valence-electron chi connectivity index (χ0n) is 13.0. The average molecular weight is 321 g/mol. The molecule has 1 aliphatic heterocycles. The number of aromatic hydroxyl groups is 1. The number of carbonyl (C=O) groups is 2. The maximum absolute atomic E-state index is 12.3. The Kier molecular flexibility index (Phi) is 5.96. The van der Waals surface area contributed by atoms with Gasteiger partial charge in [0.05, 0.1) is 13.1 Å². The van der Waals surface area contributed by atoms with E-state index in [2.05, 4.69) is 0 Å². The summed E-state index contributed by atoms with van der Waals surface area (Å²) in [5.74, 6) is -0.401. The summed E-state index contributed by atoms with van der Waals surface area (Å²) in [5, 5.41) is 9.42. The monoisotopic (exact) mass is 321 g/mol. The molecule has 6 heteroatoms. The van der Waals surface area contributed by atoms with Crippen LogP contribution in [0.4, 0.5) is 4.39 Å². The van der Waals surface area contributed by atoms with E-state index in [1.165, 1.54) is 18.6 Å². The van der Waals surface area contributed by atoms with Crippen molar-refractivity contribution < 1.29 is 19.1 Å². The minimum absolute atomic E-state index is 0.0381. The van der Waals surface area contributed by atoms with Crippen LogP contribution < -0.4 is 5.73 Å². The summed E-state index contributed by atoms with van der Waals surface area (Å²) in [7, 11) is 0. The van der Waals surface area contributed by atoms with Crippen molar-refractivity contribution in [2.45, 2.75) is 25.7 Å². The van der Waals surface area contributed by atoms with Crippen molar-refractivity contribution in [2.75, 3.05) is 19.8 Å². The highest BCUT2D eigenvalue weighted by Crippen LogP contribution is 2.22. The molecule has 1 radical (unpaired) electrons. The van der Waals surface area contributed by atoms with Gasteiger partial charge in [0.25, 0.3) is 0 Å². The molecule has 2 amide bonds. The van der Waals surface area contributed by atoms with Crippen LogP contribution in [0.1, 0.15) is 35.2 Å². The molecule has 0 atom stereocenters. The highest BCUT2D eigenvalue weighted by molar-refractivity contribution is 5.95. The highest BCUT2D eigenvalue weighted by Gasteiger charge is 2.22. The maximum atomic E-state index is 12.3. The smallest absolute Gasteiger partial charge is 0.249 e. The maximum Gasteiger partial charge on any atom is 0.249 e. The standard InChI is InChI=1S/C17H22FN2O3/c18-8-5-12-6-9-20(10-7-12)16(22)4-2-13-1-3-14(21)11-15(13)17(19)23/h1,3-4,11-12,21H,2,5-10H2,(H2,19,23). The topological polar surface area (TPSA) is 83.6 Å². The van der Waals surface area contributed by atoms with Gasteiger partial charge in [-0.1, -0.05) is 6.07 Å². The number of nitrogens with zero attached hydrogens (tertiary/aromatic N) is 1. The predicted octanol–water partition coefficient (Wildman–Crippen LogP) is 1.84. The fourth-order valence-electron chi connectivity index (χ4n) is 2.89. The van der Waals surface area contributed by atoms with E-state index >= 15 is 0 Å². The van der Waals surface area contributed by atoms with Gasteiger partial charge < -0.3 is 15.7 Å². The number of amides is 2. The van der Waals surface area contributed by atoms with Crippen molar-refractivity contribution >= 4 is 11.8 Å².